The molecule has 31 heavy (non-hydrogen) atoms. The van der Waals surface area contributed by atoms with E-state index in [2.05, 4.69) is 0 Å². The molecule has 0 saturated heterocycles. The van der Waals surface area contributed by atoms with Crippen LogP contribution in [-0.4, -0.2) is 25.8 Å². The molecule has 0 amide bonds. The smallest absolute Gasteiger partial charge is 0.343 e. The standard InChI is InChI=1S/C26H23NO4/c1-16-6-5-7-19(12-16)26(29)30-21-13-17(2)24-22(15-21)31-23(25(24)28)14-18-8-10-20(11-9-18)27(3)4/h5-15H,1-4H3/b23-14-. The number of allylic oxidation sites excluding steroid dienone is 1. The number of rotatable bonds is 4. The van der Waals surface area contributed by atoms with Gasteiger partial charge in [0.1, 0.15) is 11.5 Å². The first-order valence-corrected chi connectivity index (χ1v) is 9.97. The number of benzene rings is 3. The zero-order chi connectivity index (χ0) is 22.1. The highest BCUT2D eigenvalue weighted by Crippen LogP contribution is 2.37. The summed E-state index contributed by atoms with van der Waals surface area (Å²) in [4.78, 5) is 27.4. The van der Waals surface area contributed by atoms with E-state index in [0.29, 0.717) is 28.2 Å². The molecule has 0 fully saturated rings. The number of hydrogen-bond acceptors (Lipinski definition) is 5. The average molecular weight is 413 g/mol. The average Bonchev–Trinajstić information content (AvgIpc) is 3.04. The summed E-state index contributed by atoms with van der Waals surface area (Å²) < 4.78 is 11.4. The molecule has 0 spiro atoms. The number of hydrogen-bond donors (Lipinski definition) is 0. The van der Waals surface area contributed by atoms with Gasteiger partial charge in [-0.2, -0.15) is 0 Å². The molecular weight excluding hydrogens is 390 g/mol. The van der Waals surface area contributed by atoms with E-state index in [1.807, 2.05) is 62.3 Å². The van der Waals surface area contributed by atoms with Gasteiger partial charge in [0.25, 0.3) is 0 Å². The van der Waals surface area contributed by atoms with Gasteiger partial charge < -0.3 is 14.4 Å². The Morgan fingerprint density at radius 3 is 2.42 bits per heavy atom. The summed E-state index contributed by atoms with van der Waals surface area (Å²) in [7, 11) is 3.94. The number of nitrogens with zero attached hydrogens (tertiary/aromatic N) is 1. The first kappa shape index (κ1) is 20.4. The highest BCUT2D eigenvalue weighted by Gasteiger charge is 2.30. The highest BCUT2D eigenvalue weighted by atomic mass is 16.5. The molecule has 3 aromatic rings. The van der Waals surface area contributed by atoms with Gasteiger partial charge in [0.05, 0.1) is 11.1 Å². The Kier molecular flexibility index (Phi) is 5.34. The quantitative estimate of drug-likeness (QED) is 0.334. The van der Waals surface area contributed by atoms with Crippen LogP contribution < -0.4 is 14.4 Å². The highest BCUT2D eigenvalue weighted by molar-refractivity contribution is 6.15. The second-order valence-electron chi connectivity index (χ2n) is 7.80. The van der Waals surface area contributed by atoms with Gasteiger partial charge in [-0.1, -0.05) is 29.8 Å². The normalized spacial score (nSPS) is 13.7. The van der Waals surface area contributed by atoms with E-state index in [1.54, 1.807) is 37.3 Å². The van der Waals surface area contributed by atoms with Crippen LogP contribution in [-0.2, 0) is 0 Å². The molecule has 0 saturated carbocycles. The van der Waals surface area contributed by atoms with Crippen molar-refractivity contribution in [1.29, 1.82) is 0 Å². The topological polar surface area (TPSA) is 55.8 Å². The maximum Gasteiger partial charge on any atom is 0.343 e. The number of anilines is 1. The molecule has 3 aromatic carbocycles. The maximum absolute atomic E-state index is 12.9. The molecule has 5 nitrogen and oxygen atoms in total. The summed E-state index contributed by atoms with van der Waals surface area (Å²) in [6.07, 6.45) is 1.72. The molecule has 0 aromatic heterocycles. The van der Waals surface area contributed by atoms with E-state index >= 15 is 0 Å². The van der Waals surface area contributed by atoms with Gasteiger partial charge in [-0.25, -0.2) is 4.79 Å². The van der Waals surface area contributed by atoms with Gasteiger partial charge in [-0.3, -0.25) is 4.79 Å². The number of fused-ring (bicyclic) bond motifs is 1. The third-order valence-electron chi connectivity index (χ3n) is 5.12. The Morgan fingerprint density at radius 1 is 1.00 bits per heavy atom. The molecule has 0 bridgehead atoms. The first-order chi connectivity index (χ1) is 14.8. The van der Waals surface area contributed by atoms with Crippen molar-refractivity contribution in [3.63, 3.8) is 0 Å². The molecule has 156 valence electrons. The van der Waals surface area contributed by atoms with Crippen LogP contribution in [0.25, 0.3) is 6.08 Å². The SMILES string of the molecule is Cc1cccc(C(=O)Oc2cc(C)c3c(c2)O/C(=C\c2ccc(N(C)C)cc2)C3=O)c1. The predicted molar refractivity (Wildman–Crippen MR) is 121 cm³/mol. The van der Waals surface area contributed by atoms with E-state index in [0.717, 1.165) is 16.8 Å². The maximum atomic E-state index is 12.9. The van der Waals surface area contributed by atoms with Crippen LogP contribution in [0.4, 0.5) is 5.69 Å². The zero-order valence-corrected chi connectivity index (χ0v) is 17.9. The molecule has 0 unspecified atom stereocenters. The zero-order valence-electron chi connectivity index (χ0n) is 17.9. The number of esters is 1. The Labute approximate surface area is 181 Å². The van der Waals surface area contributed by atoms with Crippen molar-refractivity contribution in [2.75, 3.05) is 19.0 Å². The van der Waals surface area contributed by atoms with Crippen LogP contribution in [0, 0.1) is 13.8 Å². The van der Waals surface area contributed by atoms with Crippen LogP contribution in [0.5, 0.6) is 11.5 Å². The van der Waals surface area contributed by atoms with Crippen LogP contribution in [0.15, 0.2) is 66.4 Å². The largest absolute Gasteiger partial charge is 0.452 e. The fourth-order valence-electron chi connectivity index (χ4n) is 3.49. The van der Waals surface area contributed by atoms with Crippen molar-refractivity contribution in [1.82, 2.24) is 0 Å². The van der Waals surface area contributed by atoms with Crippen molar-refractivity contribution in [2.45, 2.75) is 13.8 Å². The van der Waals surface area contributed by atoms with Crippen LogP contribution in [0.3, 0.4) is 0 Å². The van der Waals surface area contributed by atoms with Gasteiger partial charge in [0.2, 0.25) is 5.78 Å². The molecule has 1 aliphatic heterocycles. The number of ether oxygens (including phenoxy) is 2. The molecule has 0 aliphatic carbocycles. The Balaban J connectivity index is 1.58. The third kappa shape index (κ3) is 4.21. The molecular formula is C26H23NO4. The van der Waals surface area contributed by atoms with E-state index in [9.17, 15) is 9.59 Å². The summed E-state index contributed by atoms with van der Waals surface area (Å²) in [6, 6.07) is 18.3. The lowest BCUT2D eigenvalue weighted by atomic mass is 10.0. The second kappa shape index (κ2) is 8.11. The number of aryl methyl sites for hydroxylation is 2. The Bertz CT molecular complexity index is 1210. The number of Topliss-reactive ketones (excluding diaryl/α,β-unsaturated/α-hetero) is 1. The van der Waals surface area contributed by atoms with E-state index < -0.39 is 5.97 Å². The number of carbonyl (C=O) groups excluding carboxylic acids is 2. The lowest BCUT2D eigenvalue weighted by Crippen LogP contribution is -2.09. The second-order valence-corrected chi connectivity index (χ2v) is 7.80. The molecule has 5 heteroatoms. The van der Waals surface area contributed by atoms with Gasteiger partial charge in [-0.05, 0) is 61.4 Å². The summed E-state index contributed by atoms with van der Waals surface area (Å²) in [5, 5.41) is 0. The van der Waals surface area contributed by atoms with Crippen molar-refractivity contribution < 1.29 is 19.1 Å². The molecule has 1 heterocycles. The van der Waals surface area contributed by atoms with Gasteiger partial charge in [0, 0.05) is 25.8 Å². The summed E-state index contributed by atoms with van der Waals surface area (Å²) >= 11 is 0. The fraction of sp³-hybridized carbons (Fsp3) is 0.154. The van der Waals surface area contributed by atoms with Gasteiger partial charge in [0.15, 0.2) is 5.76 Å². The van der Waals surface area contributed by atoms with Crippen LogP contribution in [0.2, 0.25) is 0 Å². The summed E-state index contributed by atoms with van der Waals surface area (Å²) in [5.41, 5.74) is 4.57. The van der Waals surface area contributed by atoms with Crippen molar-refractivity contribution in [2.24, 2.45) is 0 Å². The van der Waals surface area contributed by atoms with Crippen molar-refractivity contribution >= 4 is 23.5 Å². The summed E-state index contributed by atoms with van der Waals surface area (Å²) in [6.45, 7) is 3.72. The summed E-state index contributed by atoms with van der Waals surface area (Å²) in [5.74, 6) is 0.350. The monoisotopic (exact) mass is 413 g/mol. The van der Waals surface area contributed by atoms with Crippen LogP contribution >= 0.6 is 0 Å². The molecule has 0 N–H and O–H groups in total. The van der Waals surface area contributed by atoms with Gasteiger partial charge in [-0.15, -0.1) is 0 Å². The third-order valence-corrected chi connectivity index (χ3v) is 5.12. The minimum Gasteiger partial charge on any atom is -0.452 e. The first-order valence-electron chi connectivity index (χ1n) is 9.97. The number of carbonyl (C=O) groups is 2. The predicted octanol–water partition coefficient (Wildman–Crippen LogP) is 5.20. The van der Waals surface area contributed by atoms with E-state index in [1.165, 1.54) is 0 Å². The Morgan fingerprint density at radius 2 is 1.74 bits per heavy atom. The van der Waals surface area contributed by atoms with E-state index in [-0.39, 0.29) is 11.5 Å². The molecule has 0 atom stereocenters. The minimum atomic E-state index is -0.455. The van der Waals surface area contributed by atoms with Crippen molar-refractivity contribution in [3.8, 4) is 11.5 Å². The fourth-order valence-corrected chi connectivity index (χ4v) is 3.49. The Hall–Kier alpha value is -3.86. The minimum absolute atomic E-state index is 0.180. The van der Waals surface area contributed by atoms with E-state index in [4.69, 9.17) is 9.47 Å². The number of ketones is 1. The van der Waals surface area contributed by atoms with Gasteiger partial charge >= 0.3 is 5.97 Å². The van der Waals surface area contributed by atoms with Crippen LogP contribution in [0.1, 0.15) is 37.4 Å². The molecule has 4 rings (SSSR count). The molecule has 0 radical (unpaired) electrons. The lowest BCUT2D eigenvalue weighted by Gasteiger charge is -2.11. The lowest BCUT2D eigenvalue weighted by molar-refractivity contribution is 0.0734. The van der Waals surface area contributed by atoms with Crippen molar-refractivity contribution in [3.05, 3.63) is 94.2 Å². The molecule has 1 aliphatic rings.